The van der Waals surface area contributed by atoms with E-state index < -0.39 is 0 Å². The molecule has 4 heteroatoms. The van der Waals surface area contributed by atoms with E-state index in [-0.39, 0.29) is 11.3 Å². The molecule has 0 aliphatic carbocycles. The molecule has 1 amide bonds. The number of carbonyl (C=O) groups excluding carboxylic acids is 1. The van der Waals surface area contributed by atoms with Crippen molar-refractivity contribution in [2.45, 2.75) is 34.1 Å². The molecule has 2 rings (SSSR count). The third-order valence-electron chi connectivity index (χ3n) is 3.78. The Morgan fingerprint density at radius 3 is 2.82 bits per heavy atom. The van der Waals surface area contributed by atoms with E-state index in [1.165, 1.54) is 0 Å². The standard InChI is InChI=1S/C13H20N2O2/c1-9-7-15(8-13(9,3)4)12(16)6-11-5-10(2)14-17-11/h5,9H,6-8H2,1-4H3. The second-order valence-corrected chi connectivity index (χ2v) is 5.78. The van der Waals surface area contributed by atoms with Crippen molar-refractivity contribution in [3.8, 4) is 0 Å². The Balaban J connectivity index is 1.98. The van der Waals surface area contributed by atoms with Crippen molar-refractivity contribution in [1.82, 2.24) is 10.1 Å². The molecule has 4 nitrogen and oxygen atoms in total. The van der Waals surface area contributed by atoms with Crippen LogP contribution in [0.25, 0.3) is 0 Å². The van der Waals surface area contributed by atoms with E-state index in [0.717, 1.165) is 18.8 Å². The summed E-state index contributed by atoms with van der Waals surface area (Å²) in [4.78, 5) is 14.0. The average Bonchev–Trinajstić information content (AvgIpc) is 2.72. The van der Waals surface area contributed by atoms with Crippen molar-refractivity contribution in [1.29, 1.82) is 0 Å². The Morgan fingerprint density at radius 2 is 2.35 bits per heavy atom. The number of amides is 1. The van der Waals surface area contributed by atoms with Crippen LogP contribution in [0.15, 0.2) is 10.6 Å². The molecule has 17 heavy (non-hydrogen) atoms. The van der Waals surface area contributed by atoms with Gasteiger partial charge in [-0.2, -0.15) is 0 Å². The molecule has 1 aliphatic rings. The summed E-state index contributed by atoms with van der Waals surface area (Å²) in [5, 5.41) is 3.79. The van der Waals surface area contributed by atoms with Gasteiger partial charge in [0.1, 0.15) is 5.76 Å². The van der Waals surface area contributed by atoms with Crippen LogP contribution in [-0.4, -0.2) is 29.1 Å². The lowest BCUT2D eigenvalue weighted by Crippen LogP contribution is -2.31. The zero-order chi connectivity index (χ0) is 12.6. The monoisotopic (exact) mass is 236 g/mol. The van der Waals surface area contributed by atoms with Crippen molar-refractivity contribution >= 4 is 5.91 Å². The minimum absolute atomic E-state index is 0.138. The zero-order valence-corrected chi connectivity index (χ0v) is 11.0. The predicted molar refractivity (Wildman–Crippen MR) is 64.5 cm³/mol. The first kappa shape index (κ1) is 12.1. The summed E-state index contributed by atoms with van der Waals surface area (Å²) in [5.74, 6) is 1.34. The maximum absolute atomic E-state index is 12.1. The molecule has 1 aromatic rings. The molecule has 0 bridgehead atoms. The van der Waals surface area contributed by atoms with E-state index in [0.29, 0.717) is 18.1 Å². The number of hydrogen-bond donors (Lipinski definition) is 0. The van der Waals surface area contributed by atoms with Crippen LogP contribution in [0.5, 0.6) is 0 Å². The van der Waals surface area contributed by atoms with Crippen LogP contribution in [0.1, 0.15) is 32.2 Å². The number of likely N-dealkylation sites (tertiary alicyclic amines) is 1. The van der Waals surface area contributed by atoms with E-state index >= 15 is 0 Å². The molecule has 0 N–H and O–H groups in total. The Kier molecular flexibility index (Phi) is 2.98. The second-order valence-electron chi connectivity index (χ2n) is 5.78. The lowest BCUT2D eigenvalue weighted by atomic mass is 9.84. The van der Waals surface area contributed by atoms with Gasteiger partial charge in [-0.3, -0.25) is 4.79 Å². The van der Waals surface area contributed by atoms with Crippen LogP contribution in [0.4, 0.5) is 0 Å². The average molecular weight is 236 g/mol. The van der Waals surface area contributed by atoms with E-state index in [9.17, 15) is 4.79 Å². The molecular weight excluding hydrogens is 216 g/mol. The lowest BCUT2D eigenvalue weighted by molar-refractivity contribution is -0.130. The van der Waals surface area contributed by atoms with Gasteiger partial charge >= 0.3 is 0 Å². The smallest absolute Gasteiger partial charge is 0.230 e. The number of aromatic nitrogens is 1. The molecule has 0 aromatic carbocycles. The van der Waals surface area contributed by atoms with E-state index in [1.807, 2.05) is 17.9 Å². The zero-order valence-electron chi connectivity index (χ0n) is 11.0. The van der Waals surface area contributed by atoms with E-state index in [1.54, 1.807) is 0 Å². The van der Waals surface area contributed by atoms with Gasteiger partial charge in [0, 0.05) is 19.2 Å². The lowest BCUT2D eigenvalue weighted by Gasteiger charge is -2.21. The van der Waals surface area contributed by atoms with Crippen molar-refractivity contribution in [2.75, 3.05) is 13.1 Å². The van der Waals surface area contributed by atoms with Gasteiger partial charge in [-0.1, -0.05) is 25.9 Å². The number of rotatable bonds is 2. The summed E-state index contributed by atoms with van der Waals surface area (Å²) < 4.78 is 5.08. The summed E-state index contributed by atoms with van der Waals surface area (Å²) in [6, 6.07) is 1.82. The summed E-state index contributed by atoms with van der Waals surface area (Å²) in [5.41, 5.74) is 1.04. The van der Waals surface area contributed by atoms with E-state index in [4.69, 9.17) is 4.52 Å². The van der Waals surface area contributed by atoms with Gasteiger partial charge in [0.05, 0.1) is 12.1 Å². The maximum Gasteiger partial charge on any atom is 0.230 e. The summed E-state index contributed by atoms with van der Waals surface area (Å²) in [6.07, 6.45) is 0.323. The molecule has 2 heterocycles. The Morgan fingerprint density at radius 1 is 1.65 bits per heavy atom. The van der Waals surface area contributed by atoms with E-state index in [2.05, 4.69) is 25.9 Å². The Hall–Kier alpha value is -1.32. The number of hydrogen-bond acceptors (Lipinski definition) is 3. The number of aryl methyl sites for hydroxylation is 1. The first-order valence-electron chi connectivity index (χ1n) is 6.08. The van der Waals surface area contributed by atoms with Crippen molar-refractivity contribution in [3.63, 3.8) is 0 Å². The second kappa shape index (κ2) is 4.17. The largest absolute Gasteiger partial charge is 0.361 e. The molecule has 1 atom stereocenters. The fourth-order valence-electron chi connectivity index (χ4n) is 2.24. The van der Waals surface area contributed by atoms with Crippen LogP contribution in [-0.2, 0) is 11.2 Å². The van der Waals surface area contributed by atoms with Gasteiger partial charge in [-0.05, 0) is 18.3 Å². The maximum atomic E-state index is 12.1. The molecule has 94 valence electrons. The quantitative estimate of drug-likeness (QED) is 0.789. The Labute approximate surface area is 102 Å². The number of nitrogens with zero attached hydrogens (tertiary/aromatic N) is 2. The van der Waals surface area contributed by atoms with Crippen LogP contribution in [0.2, 0.25) is 0 Å². The van der Waals surface area contributed by atoms with Crippen LogP contribution in [0.3, 0.4) is 0 Å². The van der Waals surface area contributed by atoms with Crippen LogP contribution >= 0.6 is 0 Å². The third-order valence-corrected chi connectivity index (χ3v) is 3.78. The van der Waals surface area contributed by atoms with Crippen LogP contribution in [0, 0.1) is 18.3 Å². The molecule has 1 aromatic heterocycles. The van der Waals surface area contributed by atoms with Crippen molar-refractivity contribution < 1.29 is 9.32 Å². The molecule has 1 saturated heterocycles. The third kappa shape index (κ3) is 2.51. The minimum atomic E-state index is 0.138. The van der Waals surface area contributed by atoms with Gasteiger partial charge < -0.3 is 9.42 Å². The topological polar surface area (TPSA) is 46.3 Å². The minimum Gasteiger partial charge on any atom is -0.361 e. The molecule has 0 radical (unpaired) electrons. The first-order valence-corrected chi connectivity index (χ1v) is 6.08. The normalized spacial score (nSPS) is 23.1. The highest BCUT2D eigenvalue weighted by molar-refractivity contribution is 5.78. The van der Waals surface area contributed by atoms with Crippen molar-refractivity contribution in [3.05, 3.63) is 17.5 Å². The molecule has 1 unspecified atom stereocenters. The fourth-order valence-corrected chi connectivity index (χ4v) is 2.24. The highest BCUT2D eigenvalue weighted by Gasteiger charge is 2.38. The van der Waals surface area contributed by atoms with Gasteiger partial charge in [0.25, 0.3) is 0 Å². The van der Waals surface area contributed by atoms with Gasteiger partial charge in [-0.15, -0.1) is 0 Å². The van der Waals surface area contributed by atoms with Crippen molar-refractivity contribution in [2.24, 2.45) is 11.3 Å². The number of carbonyl (C=O) groups is 1. The van der Waals surface area contributed by atoms with Gasteiger partial charge in [0.15, 0.2) is 0 Å². The SMILES string of the molecule is Cc1cc(CC(=O)N2CC(C)C(C)(C)C2)on1. The van der Waals surface area contributed by atoms with Gasteiger partial charge in [0.2, 0.25) is 5.91 Å². The molecular formula is C13H20N2O2. The predicted octanol–water partition coefficient (Wildman–Crippen LogP) is 2.03. The fraction of sp³-hybridized carbons (Fsp3) is 0.692. The summed E-state index contributed by atoms with van der Waals surface area (Å²) in [7, 11) is 0. The summed E-state index contributed by atoms with van der Waals surface area (Å²) in [6.45, 7) is 10.2. The Bertz CT molecular complexity index is 423. The van der Waals surface area contributed by atoms with Gasteiger partial charge in [-0.25, -0.2) is 0 Å². The summed E-state index contributed by atoms with van der Waals surface area (Å²) >= 11 is 0. The first-order chi connectivity index (χ1) is 7.88. The molecule has 1 aliphatic heterocycles. The van der Waals surface area contributed by atoms with Crippen LogP contribution < -0.4 is 0 Å². The highest BCUT2D eigenvalue weighted by Crippen LogP contribution is 2.34. The molecule has 1 fully saturated rings. The molecule has 0 saturated carbocycles. The molecule has 0 spiro atoms. The highest BCUT2D eigenvalue weighted by atomic mass is 16.5.